The Morgan fingerprint density at radius 1 is 1.29 bits per heavy atom. The maximum atomic E-state index is 13.1. The first-order valence-corrected chi connectivity index (χ1v) is 10.0. The van der Waals surface area contributed by atoms with E-state index in [1.54, 1.807) is 11.3 Å². The molecule has 3 heterocycles. The van der Waals surface area contributed by atoms with Crippen LogP contribution in [0.1, 0.15) is 17.7 Å². The predicted molar refractivity (Wildman–Crippen MR) is 99.0 cm³/mol. The Hall–Kier alpha value is -2.23. The number of rotatable bonds is 7. The third-order valence-electron chi connectivity index (χ3n) is 4.64. The number of thiophene rings is 1. The molecule has 0 radical (unpaired) electrons. The zero-order valence-corrected chi connectivity index (χ0v) is 15.9. The minimum Gasteiger partial charge on any atom is -0.395 e. The zero-order chi connectivity index (χ0) is 19.6. The van der Waals surface area contributed by atoms with Crippen molar-refractivity contribution in [2.24, 2.45) is 0 Å². The van der Waals surface area contributed by atoms with Gasteiger partial charge in [0.15, 0.2) is 18.0 Å². The lowest BCUT2D eigenvalue weighted by Gasteiger charge is -2.21. The van der Waals surface area contributed by atoms with Crippen LogP contribution in [0.15, 0.2) is 35.7 Å². The van der Waals surface area contributed by atoms with E-state index in [0.717, 1.165) is 37.4 Å². The van der Waals surface area contributed by atoms with E-state index < -0.39 is 6.29 Å². The Morgan fingerprint density at radius 3 is 2.89 bits per heavy atom. The maximum absolute atomic E-state index is 13.1. The predicted octanol–water partition coefficient (Wildman–Crippen LogP) is 2.27. The number of halogens is 2. The van der Waals surface area contributed by atoms with Gasteiger partial charge in [-0.15, -0.1) is 20.1 Å². The van der Waals surface area contributed by atoms with E-state index >= 15 is 0 Å². The molecule has 0 aliphatic carbocycles. The van der Waals surface area contributed by atoms with Crippen LogP contribution in [0.3, 0.4) is 0 Å². The number of hydrogen-bond donors (Lipinski definition) is 2. The van der Waals surface area contributed by atoms with Gasteiger partial charge in [0.2, 0.25) is 0 Å². The Morgan fingerprint density at radius 2 is 2.14 bits per heavy atom. The monoisotopic (exact) mass is 411 g/mol. The molecule has 6 nitrogen and oxygen atoms in total. The number of amides is 1. The molecule has 0 bridgehead atoms. The number of quaternary nitrogens is 1. The summed E-state index contributed by atoms with van der Waals surface area (Å²) >= 11 is 1.66. The summed E-state index contributed by atoms with van der Waals surface area (Å²) in [5.74, 6) is -0.341. The van der Waals surface area contributed by atoms with Gasteiger partial charge in [0, 0.05) is 18.4 Å². The first-order valence-electron chi connectivity index (χ1n) is 9.14. The number of anilines is 1. The van der Waals surface area contributed by atoms with E-state index in [1.165, 1.54) is 23.1 Å². The lowest BCUT2D eigenvalue weighted by molar-refractivity contribution is -0.908. The molecule has 28 heavy (non-hydrogen) atoms. The van der Waals surface area contributed by atoms with Gasteiger partial charge in [0.25, 0.3) is 5.91 Å². The molecule has 2 aromatic rings. The number of alkyl halides is 2. The van der Waals surface area contributed by atoms with E-state index in [1.807, 2.05) is 11.4 Å². The zero-order valence-electron chi connectivity index (χ0n) is 15.1. The van der Waals surface area contributed by atoms with Gasteiger partial charge >= 0.3 is 6.29 Å². The molecule has 2 atom stereocenters. The Balaban J connectivity index is 1.38. The fraction of sp³-hybridized carbons (Fsp3) is 0.421. The molecule has 1 amide bonds. The minimum absolute atomic E-state index is 0.0497. The third kappa shape index (κ3) is 4.78. The van der Waals surface area contributed by atoms with Crippen LogP contribution in [0.4, 0.5) is 14.5 Å². The Bertz CT molecular complexity index is 825. The van der Waals surface area contributed by atoms with Crippen molar-refractivity contribution in [2.45, 2.75) is 31.8 Å². The molecule has 1 fully saturated rings. The largest absolute Gasteiger partial charge is 0.586 e. The highest BCUT2D eigenvalue weighted by Gasteiger charge is 2.43. The SMILES string of the molecule is O=C(C[NH+](Cc1cccs1)C[C@@H]1CCCO1)Nc1ccc2c(c1)OC(F)(F)O2. The van der Waals surface area contributed by atoms with Gasteiger partial charge in [-0.3, -0.25) is 4.79 Å². The van der Waals surface area contributed by atoms with E-state index in [9.17, 15) is 13.6 Å². The van der Waals surface area contributed by atoms with Crippen molar-refractivity contribution < 1.29 is 32.7 Å². The van der Waals surface area contributed by atoms with Gasteiger partial charge in [0.05, 0.1) is 4.88 Å². The van der Waals surface area contributed by atoms with E-state index in [4.69, 9.17) is 4.74 Å². The van der Waals surface area contributed by atoms with Crippen molar-refractivity contribution in [1.29, 1.82) is 0 Å². The topological polar surface area (TPSA) is 61.2 Å². The van der Waals surface area contributed by atoms with Gasteiger partial charge in [-0.25, -0.2) is 0 Å². The van der Waals surface area contributed by atoms with Gasteiger partial charge in [-0.05, 0) is 36.4 Å². The molecular weight excluding hydrogens is 390 g/mol. The first kappa shape index (κ1) is 19.1. The van der Waals surface area contributed by atoms with Crippen molar-refractivity contribution in [3.63, 3.8) is 0 Å². The van der Waals surface area contributed by atoms with Gasteiger partial charge in [-0.2, -0.15) is 0 Å². The number of carbonyl (C=O) groups excluding carboxylic acids is 1. The van der Waals surface area contributed by atoms with Crippen molar-refractivity contribution in [2.75, 3.05) is 25.0 Å². The molecule has 4 rings (SSSR count). The third-order valence-corrected chi connectivity index (χ3v) is 5.52. The van der Waals surface area contributed by atoms with Gasteiger partial charge in [-0.1, -0.05) is 6.07 Å². The highest BCUT2D eigenvalue weighted by atomic mass is 32.1. The lowest BCUT2D eigenvalue weighted by Crippen LogP contribution is -3.12. The summed E-state index contributed by atoms with van der Waals surface area (Å²) in [6.07, 6.45) is -1.46. The normalized spacial score (nSPS) is 20.9. The van der Waals surface area contributed by atoms with Crippen LogP contribution in [-0.2, 0) is 16.1 Å². The van der Waals surface area contributed by atoms with Crippen LogP contribution in [0, 0.1) is 0 Å². The standard InChI is InChI=1S/C19H20F2N2O4S/c20-19(21)26-16-6-5-13(9-17(16)27-19)22-18(24)12-23(10-14-3-1-7-25-14)11-15-4-2-8-28-15/h2,4-6,8-9,14H,1,3,7,10-12H2,(H,22,24)/p+1/t14-/m0/s1. The highest BCUT2D eigenvalue weighted by Crippen LogP contribution is 2.42. The summed E-state index contributed by atoms with van der Waals surface area (Å²) in [7, 11) is 0. The fourth-order valence-electron chi connectivity index (χ4n) is 3.45. The van der Waals surface area contributed by atoms with Crippen LogP contribution in [0.25, 0.3) is 0 Å². The Kier molecular flexibility index (Phi) is 5.47. The Labute approximate surface area is 165 Å². The number of fused-ring (bicyclic) bond motifs is 1. The van der Waals surface area contributed by atoms with Crippen LogP contribution in [0.5, 0.6) is 11.5 Å². The number of nitrogens with one attached hydrogen (secondary N) is 2. The molecule has 150 valence electrons. The van der Waals surface area contributed by atoms with Crippen molar-refractivity contribution in [3.05, 3.63) is 40.6 Å². The van der Waals surface area contributed by atoms with Gasteiger partial charge < -0.3 is 24.4 Å². The summed E-state index contributed by atoms with van der Waals surface area (Å²) in [5, 5.41) is 4.77. The molecule has 0 saturated carbocycles. The molecular formula is C19H21F2N2O4S+. The van der Waals surface area contributed by atoms with Crippen LogP contribution in [0.2, 0.25) is 0 Å². The lowest BCUT2D eigenvalue weighted by atomic mass is 10.2. The summed E-state index contributed by atoms with van der Waals surface area (Å²) in [4.78, 5) is 14.9. The second-order valence-electron chi connectivity index (χ2n) is 6.90. The second kappa shape index (κ2) is 8.02. The van der Waals surface area contributed by atoms with E-state index in [-0.39, 0.29) is 30.1 Å². The summed E-state index contributed by atoms with van der Waals surface area (Å²) in [6, 6.07) is 8.25. The average Bonchev–Trinajstić information content (AvgIpc) is 3.35. The highest BCUT2D eigenvalue weighted by molar-refractivity contribution is 7.09. The van der Waals surface area contributed by atoms with Crippen LogP contribution >= 0.6 is 11.3 Å². The number of carbonyl (C=O) groups is 1. The summed E-state index contributed by atoms with van der Waals surface area (Å²) < 4.78 is 40.8. The molecule has 1 saturated heterocycles. The fourth-order valence-corrected chi connectivity index (χ4v) is 4.23. The number of hydrogen-bond acceptors (Lipinski definition) is 5. The quantitative estimate of drug-likeness (QED) is 0.734. The van der Waals surface area contributed by atoms with Crippen LogP contribution in [-0.4, -0.2) is 38.0 Å². The number of benzene rings is 1. The molecule has 9 heteroatoms. The van der Waals surface area contributed by atoms with E-state index in [0.29, 0.717) is 5.69 Å². The van der Waals surface area contributed by atoms with E-state index in [2.05, 4.69) is 20.9 Å². The molecule has 1 aromatic heterocycles. The molecule has 1 unspecified atom stereocenters. The van der Waals surface area contributed by atoms with Crippen molar-refractivity contribution in [3.8, 4) is 11.5 Å². The molecule has 0 spiro atoms. The second-order valence-corrected chi connectivity index (χ2v) is 7.93. The molecule has 1 aromatic carbocycles. The number of ether oxygens (including phenoxy) is 3. The first-order chi connectivity index (χ1) is 13.5. The van der Waals surface area contributed by atoms with Crippen molar-refractivity contribution >= 4 is 22.9 Å². The molecule has 2 aliphatic heterocycles. The maximum Gasteiger partial charge on any atom is 0.586 e. The molecule has 2 N–H and O–H groups in total. The molecule has 2 aliphatic rings. The van der Waals surface area contributed by atoms with Gasteiger partial charge in [0.1, 0.15) is 19.2 Å². The minimum atomic E-state index is -3.67. The summed E-state index contributed by atoms with van der Waals surface area (Å²) in [6.45, 7) is 2.50. The summed E-state index contributed by atoms with van der Waals surface area (Å²) in [5.41, 5.74) is 0.387. The van der Waals surface area contributed by atoms with Crippen LogP contribution < -0.4 is 19.7 Å². The smallest absolute Gasteiger partial charge is 0.395 e. The average molecular weight is 411 g/mol. The van der Waals surface area contributed by atoms with Crippen molar-refractivity contribution in [1.82, 2.24) is 0 Å².